The smallest absolute Gasteiger partial charge is 0.225 e. The SMILES string of the molecule is CNc1ncc(CN2CCC(C(=O)N3CCC(CNc4c(F)cc(F)cc4F)CC3)CC2)cn1. The molecule has 2 aliphatic rings. The van der Waals surface area contributed by atoms with Crippen molar-refractivity contribution in [3.05, 3.63) is 47.5 Å². The van der Waals surface area contributed by atoms with E-state index in [4.69, 9.17) is 0 Å². The van der Waals surface area contributed by atoms with Gasteiger partial charge in [-0.1, -0.05) is 0 Å². The summed E-state index contributed by atoms with van der Waals surface area (Å²) in [5.41, 5.74) is 0.760. The van der Waals surface area contributed by atoms with Gasteiger partial charge in [0.05, 0.1) is 0 Å². The van der Waals surface area contributed by atoms with Crippen LogP contribution in [0.15, 0.2) is 24.5 Å². The summed E-state index contributed by atoms with van der Waals surface area (Å²) in [6.07, 6.45) is 6.86. The van der Waals surface area contributed by atoms with Crippen LogP contribution in [0.3, 0.4) is 0 Å². The monoisotopic (exact) mass is 476 g/mol. The Morgan fingerprint density at radius 3 is 2.21 bits per heavy atom. The van der Waals surface area contributed by atoms with Crippen molar-refractivity contribution in [2.45, 2.75) is 32.2 Å². The van der Waals surface area contributed by atoms with Gasteiger partial charge in [0.15, 0.2) is 11.6 Å². The van der Waals surface area contributed by atoms with Gasteiger partial charge in [-0.15, -0.1) is 0 Å². The largest absolute Gasteiger partial charge is 0.380 e. The molecule has 2 aromatic rings. The van der Waals surface area contributed by atoms with E-state index in [9.17, 15) is 18.0 Å². The van der Waals surface area contributed by atoms with Gasteiger partial charge in [0, 0.05) is 69.2 Å². The third-order valence-corrected chi connectivity index (χ3v) is 6.77. The van der Waals surface area contributed by atoms with E-state index in [0.717, 1.165) is 50.9 Å². The van der Waals surface area contributed by atoms with Crippen LogP contribution in [0, 0.1) is 29.3 Å². The first-order valence-corrected chi connectivity index (χ1v) is 11.8. The molecular formula is C24H31F3N6O. The van der Waals surface area contributed by atoms with Gasteiger partial charge in [-0.2, -0.15) is 0 Å². The second-order valence-electron chi connectivity index (χ2n) is 9.11. The Hall–Kier alpha value is -2.88. The van der Waals surface area contributed by atoms with Crippen LogP contribution in [0.25, 0.3) is 0 Å². The lowest BCUT2D eigenvalue weighted by Crippen LogP contribution is -2.46. The maximum absolute atomic E-state index is 13.8. The third kappa shape index (κ3) is 5.97. The molecule has 2 saturated heterocycles. The molecule has 10 heteroatoms. The fraction of sp³-hybridized carbons (Fsp3) is 0.542. The second kappa shape index (κ2) is 11.0. The van der Waals surface area contributed by atoms with E-state index in [0.29, 0.717) is 37.7 Å². The minimum Gasteiger partial charge on any atom is -0.380 e. The maximum Gasteiger partial charge on any atom is 0.225 e. The lowest BCUT2D eigenvalue weighted by molar-refractivity contribution is -0.138. The summed E-state index contributed by atoms with van der Waals surface area (Å²) in [5, 5.41) is 5.69. The third-order valence-electron chi connectivity index (χ3n) is 6.77. The summed E-state index contributed by atoms with van der Waals surface area (Å²) in [4.78, 5) is 25.8. The Kier molecular flexibility index (Phi) is 7.87. The number of hydrogen-bond donors (Lipinski definition) is 2. The van der Waals surface area contributed by atoms with Gasteiger partial charge < -0.3 is 15.5 Å². The van der Waals surface area contributed by atoms with Crippen LogP contribution in [0.4, 0.5) is 24.8 Å². The average Bonchev–Trinajstić information content (AvgIpc) is 2.84. The number of hydrogen-bond acceptors (Lipinski definition) is 6. The van der Waals surface area contributed by atoms with Crippen LogP contribution >= 0.6 is 0 Å². The highest BCUT2D eigenvalue weighted by Gasteiger charge is 2.31. The van der Waals surface area contributed by atoms with Crippen LogP contribution in [-0.4, -0.2) is 65.4 Å². The van der Waals surface area contributed by atoms with Crippen molar-refractivity contribution in [2.75, 3.05) is 50.4 Å². The van der Waals surface area contributed by atoms with Crippen LogP contribution in [0.2, 0.25) is 0 Å². The highest BCUT2D eigenvalue weighted by atomic mass is 19.1. The number of anilines is 2. The number of benzene rings is 1. The van der Waals surface area contributed by atoms with Crippen LogP contribution in [0.5, 0.6) is 0 Å². The van der Waals surface area contributed by atoms with Gasteiger partial charge in [0.1, 0.15) is 11.5 Å². The summed E-state index contributed by atoms with van der Waals surface area (Å²) < 4.78 is 40.7. The van der Waals surface area contributed by atoms with E-state index < -0.39 is 17.5 Å². The number of carbonyl (C=O) groups excluding carboxylic acids is 1. The highest BCUT2D eigenvalue weighted by molar-refractivity contribution is 5.79. The Labute approximate surface area is 197 Å². The molecule has 7 nitrogen and oxygen atoms in total. The molecular weight excluding hydrogens is 445 g/mol. The molecule has 1 amide bonds. The molecule has 2 N–H and O–H groups in total. The van der Waals surface area contributed by atoms with E-state index in [1.54, 1.807) is 7.05 Å². The molecule has 3 heterocycles. The van der Waals surface area contributed by atoms with Crippen molar-refractivity contribution < 1.29 is 18.0 Å². The number of amides is 1. The van der Waals surface area contributed by atoms with Crippen molar-refractivity contribution in [1.29, 1.82) is 0 Å². The number of aromatic nitrogens is 2. The predicted octanol–water partition coefficient (Wildman–Crippen LogP) is 3.50. The van der Waals surface area contributed by atoms with Gasteiger partial charge in [0.2, 0.25) is 11.9 Å². The summed E-state index contributed by atoms with van der Waals surface area (Å²) >= 11 is 0. The number of nitrogens with one attached hydrogen (secondary N) is 2. The minimum absolute atomic E-state index is 0.0382. The number of likely N-dealkylation sites (tertiary alicyclic amines) is 2. The summed E-state index contributed by atoms with van der Waals surface area (Å²) in [7, 11) is 1.78. The molecule has 4 rings (SSSR count). The first-order chi connectivity index (χ1) is 16.4. The van der Waals surface area contributed by atoms with Crippen LogP contribution in [0.1, 0.15) is 31.2 Å². The van der Waals surface area contributed by atoms with Gasteiger partial charge in [-0.05, 0) is 44.7 Å². The number of nitrogens with zero attached hydrogens (tertiary/aromatic N) is 4. The van der Waals surface area contributed by atoms with E-state index in [-0.39, 0.29) is 23.4 Å². The summed E-state index contributed by atoms with van der Waals surface area (Å²) in [6.45, 7) is 4.18. The van der Waals surface area contributed by atoms with Crippen molar-refractivity contribution in [3.63, 3.8) is 0 Å². The second-order valence-corrected chi connectivity index (χ2v) is 9.11. The van der Waals surface area contributed by atoms with Gasteiger partial charge in [-0.3, -0.25) is 9.69 Å². The lowest BCUT2D eigenvalue weighted by atomic mass is 9.92. The zero-order chi connectivity index (χ0) is 24.1. The Morgan fingerprint density at radius 1 is 1.00 bits per heavy atom. The Bertz CT molecular complexity index is 950. The Balaban J connectivity index is 1.19. The molecule has 0 atom stereocenters. The average molecular weight is 477 g/mol. The van der Waals surface area contributed by atoms with Gasteiger partial charge in [-0.25, -0.2) is 23.1 Å². The fourth-order valence-corrected chi connectivity index (χ4v) is 4.73. The first kappa shape index (κ1) is 24.3. The maximum atomic E-state index is 13.8. The molecule has 1 aromatic carbocycles. The summed E-state index contributed by atoms with van der Waals surface area (Å²) in [6, 6.07) is 1.34. The number of rotatable bonds is 7. The molecule has 2 fully saturated rings. The molecule has 1 aromatic heterocycles. The van der Waals surface area contributed by atoms with Crippen molar-refractivity contribution in [1.82, 2.24) is 19.8 Å². The fourth-order valence-electron chi connectivity index (χ4n) is 4.73. The molecule has 0 aliphatic carbocycles. The predicted molar refractivity (Wildman–Crippen MR) is 124 cm³/mol. The van der Waals surface area contributed by atoms with Crippen molar-refractivity contribution in [3.8, 4) is 0 Å². The van der Waals surface area contributed by atoms with Crippen molar-refractivity contribution in [2.24, 2.45) is 11.8 Å². The van der Waals surface area contributed by atoms with Crippen molar-refractivity contribution >= 4 is 17.5 Å². The number of halogens is 3. The number of carbonyl (C=O) groups is 1. The highest BCUT2D eigenvalue weighted by Crippen LogP contribution is 2.26. The van der Waals surface area contributed by atoms with Gasteiger partial charge >= 0.3 is 0 Å². The molecule has 0 bridgehead atoms. The molecule has 34 heavy (non-hydrogen) atoms. The molecule has 0 spiro atoms. The molecule has 0 saturated carbocycles. The topological polar surface area (TPSA) is 73.4 Å². The molecule has 2 aliphatic heterocycles. The van der Waals surface area contributed by atoms with Crippen LogP contribution in [-0.2, 0) is 11.3 Å². The van der Waals surface area contributed by atoms with E-state index in [1.807, 2.05) is 17.3 Å². The normalized spacial score (nSPS) is 18.2. The Morgan fingerprint density at radius 2 is 1.62 bits per heavy atom. The molecule has 0 unspecified atom stereocenters. The summed E-state index contributed by atoms with van der Waals surface area (Å²) in [5.74, 6) is -1.75. The van der Waals surface area contributed by atoms with Crippen LogP contribution < -0.4 is 10.6 Å². The molecule has 184 valence electrons. The van der Waals surface area contributed by atoms with Gasteiger partial charge in [0.25, 0.3) is 0 Å². The van der Waals surface area contributed by atoms with E-state index >= 15 is 0 Å². The molecule has 0 radical (unpaired) electrons. The number of piperidine rings is 2. The lowest BCUT2D eigenvalue weighted by Gasteiger charge is -2.37. The quantitative estimate of drug-likeness (QED) is 0.637. The standard InChI is InChI=1S/C24H31F3N6O/c1-28-24-30-13-17(14-31-24)15-32-6-4-18(5-7-32)23(34)33-8-2-16(3-9-33)12-29-22-20(26)10-19(25)11-21(22)27/h10-11,13-14,16,18,29H,2-9,12,15H2,1H3,(H,28,30,31). The van der Waals surface area contributed by atoms with E-state index in [1.165, 1.54) is 0 Å². The first-order valence-electron chi connectivity index (χ1n) is 11.8. The minimum atomic E-state index is -0.935. The zero-order valence-corrected chi connectivity index (χ0v) is 19.4. The zero-order valence-electron chi connectivity index (χ0n) is 19.4. The van der Waals surface area contributed by atoms with E-state index in [2.05, 4.69) is 25.5 Å².